The number of aryl methyl sites for hydroxylation is 3. The van der Waals surface area contributed by atoms with E-state index in [4.69, 9.17) is 0 Å². The Morgan fingerprint density at radius 2 is 1.70 bits per heavy atom. The fraction of sp³-hybridized carbons (Fsp3) is 0.435. The highest BCUT2D eigenvalue weighted by Gasteiger charge is 2.31. The summed E-state index contributed by atoms with van der Waals surface area (Å²) in [5.74, 6) is 0. The van der Waals surface area contributed by atoms with Gasteiger partial charge in [0, 0.05) is 32.2 Å². The second-order valence-corrected chi connectivity index (χ2v) is 9.94. The van der Waals surface area contributed by atoms with Gasteiger partial charge in [0.05, 0.1) is 4.90 Å². The number of nitrogens with zero attached hydrogens (tertiary/aromatic N) is 2. The van der Waals surface area contributed by atoms with Crippen molar-refractivity contribution in [1.82, 2.24) is 14.5 Å². The maximum absolute atomic E-state index is 13.0. The summed E-state index contributed by atoms with van der Waals surface area (Å²) in [4.78, 5) is 14.7. The van der Waals surface area contributed by atoms with Crippen LogP contribution in [-0.4, -0.2) is 55.9 Å². The van der Waals surface area contributed by atoms with Crippen molar-refractivity contribution >= 4 is 16.1 Å². The lowest BCUT2D eigenvalue weighted by molar-refractivity contribution is 0.169. The number of rotatable bonds is 6. The summed E-state index contributed by atoms with van der Waals surface area (Å²) >= 11 is 0. The maximum Gasteiger partial charge on any atom is 0.317 e. The van der Waals surface area contributed by atoms with Gasteiger partial charge in [-0.3, -0.25) is 0 Å². The van der Waals surface area contributed by atoms with Crippen molar-refractivity contribution in [2.45, 2.75) is 44.6 Å². The molecule has 0 spiro atoms. The molecule has 30 heavy (non-hydrogen) atoms. The standard InChI is InChI=1S/C23H31N3O3S/c1-18-9-10-19(2)22(17-18)30(28,29)26-15-13-25(14-16-26)23(27)24-20(3)11-12-21-7-5-4-6-8-21/h4-10,17,20H,11-16H2,1-3H3,(H,24,27). The van der Waals surface area contributed by atoms with Crippen LogP contribution in [0.15, 0.2) is 53.4 Å². The summed E-state index contributed by atoms with van der Waals surface area (Å²) in [5, 5.41) is 3.04. The van der Waals surface area contributed by atoms with Gasteiger partial charge in [0.1, 0.15) is 0 Å². The molecular formula is C23H31N3O3S. The van der Waals surface area contributed by atoms with Crippen LogP contribution in [0.2, 0.25) is 0 Å². The van der Waals surface area contributed by atoms with E-state index in [1.54, 1.807) is 11.0 Å². The van der Waals surface area contributed by atoms with Crippen LogP contribution in [0.5, 0.6) is 0 Å². The summed E-state index contributed by atoms with van der Waals surface area (Å²) in [6.45, 7) is 7.10. The Morgan fingerprint density at radius 3 is 2.37 bits per heavy atom. The van der Waals surface area contributed by atoms with Crippen molar-refractivity contribution in [3.05, 3.63) is 65.2 Å². The van der Waals surface area contributed by atoms with Crippen LogP contribution < -0.4 is 5.32 Å². The average Bonchev–Trinajstić information content (AvgIpc) is 2.74. The molecule has 0 saturated carbocycles. The van der Waals surface area contributed by atoms with Crippen LogP contribution in [0.25, 0.3) is 0 Å². The molecule has 162 valence electrons. The number of carbonyl (C=O) groups is 1. The number of amides is 2. The van der Waals surface area contributed by atoms with Crippen LogP contribution in [0.3, 0.4) is 0 Å². The van der Waals surface area contributed by atoms with Gasteiger partial charge in [-0.05, 0) is 56.4 Å². The van der Waals surface area contributed by atoms with Crippen molar-refractivity contribution in [2.75, 3.05) is 26.2 Å². The highest BCUT2D eigenvalue weighted by atomic mass is 32.2. The number of hydrogen-bond donors (Lipinski definition) is 1. The smallest absolute Gasteiger partial charge is 0.317 e. The zero-order valence-electron chi connectivity index (χ0n) is 18.0. The van der Waals surface area contributed by atoms with Gasteiger partial charge in [-0.25, -0.2) is 13.2 Å². The fourth-order valence-electron chi connectivity index (χ4n) is 3.66. The molecule has 0 aliphatic carbocycles. The second-order valence-electron chi connectivity index (χ2n) is 8.03. The van der Waals surface area contributed by atoms with Gasteiger partial charge in [0.2, 0.25) is 10.0 Å². The molecule has 1 saturated heterocycles. The SMILES string of the molecule is Cc1ccc(C)c(S(=O)(=O)N2CCN(C(=O)NC(C)CCc3ccccc3)CC2)c1. The van der Waals surface area contributed by atoms with E-state index in [-0.39, 0.29) is 12.1 Å². The molecule has 1 unspecified atom stereocenters. The number of piperazine rings is 1. The zero-order chi connectivity index (χ0) is 21.7. The number of hydrogen-bond acceptors (Lipinski definition) is 3. The normalized spacial score (nSPS) is 16.3. The quantitative estimate of drug-likeness (QED) is 0.766. The minimum atomic E-state index is -3.55. The van der Waals surface area contributed by atoms with Crippen molar-refractivity contribution in [3.63, 3.8) is 0 Å². The van der Waals surface area contributed by atoms with Crippen LogP contribution in [-0.2, 0) is 16.4 Å². The molecule has 2 aromatic carbocycles. The molecule has 0 bridgehead atoms. The second kappa shape index (κ2) is 9.62. The molecule has 2 amide bonds. The van der Waals surface area contributed by atoms with E-state index in [1.165, 1.54) is 9.87 Å². The Hall–Kier alpha value is -2.38. The zero-order valence-corrected chi connectivity index (χ0v) is 18.8. The summed E-state index contributed by atoms with van der Waals surface area (Å²) < 4.78 is 27.6. The summed E-state index contributed by atoms with van der Waals surface area (Å²) in [7, 11) is -3.55. The number of benzene rings is 2. The predicted molar refractivity (Wildman–Crippen MR) is 119 cm³/mol. The highest BCUT2D eigenvalue weighted by molar-refractivity contribution is 7.89. The van der Waals surface area contributed by atoms with Crippen LogP contribution >= 0.6 is 0 Å². The Bertz CT molecular complexity index is 968. The lowest BCUT2D eigenvalue weighted by atomic mass is 10.1. The number of carbonyl (C=O) groups excluding carboxylic acids is 1. The minimum Gasteiger partial charge on any atom is -0.336 e. The first-order valence-corrected chi connectivity index (χ1v) is 11.9. The molecule has 0 radical (unpaired) electrons. The van der Waals surface area contributed by atoms with Crippen LogP contribution in [0, 0.1) is 13.8 Å². The molecule has 6 nitrogen and oxygen atoms in total. The van der Waals surface area contributed by atoms with Crippen LogP contribution in [0.4, 0.5) is 4.79 Å². The van der Waals surface area contributed by atoms with E-state index in [0.29, 0.717) is 31.1 Å². The van der Waals surface area contributed by atoms with Crippen molar-refractivity contribution < 1.29 is 13.2 Å². The van der Waals surface area contributed by atoms with Gasteiger partial charge < -0.3 is 10.2 Å². The molecule has 1 aliphatic rings. The minimum absolute atomic E-state index is 0.0504. The fourth-order valence-corrected chi connectivity index (χ4v) is 5.39. The van der Waals surface area contributed by atoms with Crippen molar-refractivity contribution in [1.29, 1.82) is 0 Å². The largest absolute Gasteiger partial charge is 0.336 e. The van der Waals surface area contributed by atoms with E-state index in [0.717, 1.165) is 24.0 Å². The third-order valence-electron chi connectivity index (χ3n) is 5.57. The highest BCUT2D eigenvalue weighted by Crippen LogP contribution is 2.22. The molecule has 1 fully saturated rings. The third kappa shape index (κ3) is 5.40. The molecule has 0 aromatic heterocycles. The third-order valence-corrected chi connectivity index (χ3v) is 7.61. The van der Waals surface area contributed by atoms with Gasteiger partial charge >= 0.3 is 6.03 Å². The molecule has 1 atom stereocenters. The lowest BCUT2D eigenvalue weighted by Crippen LogP contribution is -2.54. The Balaban J connectivity index is 1.52. The lowest BCUT2D eigenvalue weighted by Gasteiger charge is -2.34. The van der Waals surface area contributed by atoms with E-state index in [2.05, 4.69) is 17.4 Å². The Labute approximate surface area is 179 Å². The first kappa shape index (κ1) is 22.3. The maximum atomic E-state index is 13.0. The van der Waals surface area contributed by atoms with Crippen molar-refractivity contribution in [2.24, 2.45) is 0 Å². The predicted octanol–water partition coefficient (Wildman–Crippen LogP) is 3.34. The molecular weight excluding hydrogens is 398 g/mol. The first-order valence-electron chi connectivity index (χ1n) is 10.4. The molecule has 7 heteroatoms. The number of urea groups is 1. The molecule has 2 aromatic rings. The Kier molecular flexibility index (Phi) is 7.15. The summed E-state index contributed by atoms with van der Waals surface area (Å²) in [5.41, 5.74) is 2.92. The Morgan fingerprint density at radius 1 is 1.03 bits per heavy atom. The van der Waals surface area contributed by atoms with E-state index < -0.39 is 10.0 Å². The van der Waals surface area contributed by atoms with Gasteiger partial charge in [0.15, 0.2) is 0 Å². The molecule has 1 aliphatic heterocycles. The summed E-state index contributed by atoms with van der Waals surface area (Å²) in [6, 6.07) is 15.6. The van der Waals surface area contributed by atoms with Gasteiger partial charge in [-0.15, -0.1) is 0 Å². The summed E-state index contributed by atoms with van der Waals surface area (Å²) in [6.07, 6.45) is 1.76. The van der Waals surface area contributed by atoms with E-state index in [9.17, 15) is 13.2 Å². The van der Waals surface area contributed by atoms with Gasteiger partial charge in [-0.1, -0.05) is 42.5 Å². The van der Waals surface area contributed by atoms with Gasteiger partial charge in [-0.2, -0.15) is 4.31 Å². The topological polar surface area (TPSA) is 69.7 Å². The number of sulfonamides is 1. The van der Waals surface area contributed by atoms with Crippen LogP contribution in [0.1, 0.15) is 30.0 Å². The molecule has 3 rings (SSSR count). The molecule has 1 heterocycles. The van der Waals surface area contributed by atoms with Gasteiger partial charge in [0.25, 0.3) is 0 Å². The number of nitrogens with one attached hydrogen (secondary N) is 1. The van der Waals surface area contributed by atoms with E-state index in [1.807, 2.05) is 51.1 Å². The van der Waals surface area contributed by atoms with Crippen molar-refractivity contribution in [3.8, 4) is 0 Å². The molecule has 1 N–H and O–H groups in total. The average molecular weight is 430 g/mol. The monoisotopic (exact) mass is 429 g/mol. The first-order chi connectivity index (χ1) is 14.3. The van der Waals surface area contributed by atoms with E-state index >= 15 is 0 Å².